The third-order valence-electron chi connectivity index (χ3n) is 3.58. The molecular formula is C15H13ClN4O3. The first-order valence-corrected chi connectivity index (χ1v) is 7.17. The number of fused-ring (bicyclic) bond motifs is 1. The van der Waals surface area contributed by atoms with E-state index >= 15 is 0 Å². The van der Waals surface area contributed by atoms with Crippen LogP contribution >= 0.6 is 11.6 Å². The number of aryl methyl sites for hydroxylation is 2. The number of amides is 1. The van der Waals surface area contributed by atoms with Crippen LogP contribution in [-0.4, -0.2) is 20.8 Å². The summed E-state index contributed by atoms with van der Waals surface area (Å²) < 4.78 is 6.09. The van der Waals surface area contributed by atoms with Gasteiger partial charge in [-0.3, -0.25) is 9.59 Å². The summed E-state index contributed by atoms with van der Waals surface area (Å²) >= 11 is 6.05. The van der Waals surface area contributed by atoms with E-state index in [0.29, 0.717) is 21.9 Å². The second kappa shape index (κ2) is 5.51. The fraction of sp³-hybridized carbons (Fsp3) is 0.200. The van der Waals surface area contributed by atoms with Gasteiger partial charge in [0, 0.05) is 17.8 Å². The van der Waals surface area contributed by atoms with Gasteiger partial charge in [-0.05, 0) is 31.5 Å². The Morgan fingerprint density at radius 1 is 1.35 bits per heavy atom. The van der Waals surface area contributed by atoms with E-state index in [1.165, 1.54) is 7.05 Å². The summed E-state index contributed by atoms with van der Waals surface area (Å²) in [6.45, 7) is 3.42. The molecule has 8 heteroatoms. The minimum Gasteiger partial charge on any atom is -0.360 e. The standard InChI is InChI=1S/C15H13ClN4O3/c1-7-9(16)5-4-6-10(7)17-14(21)12-11-8(2)23-19-13(11)15(22)20(3)18-12/h4-6H,1-3H3,(H,17,21). The zero-order chi connectivity index (χ0) is 16.7. The molecule has 23 heavy (non-hydrogen) atoms. The number of carbonyl (C=O) groups is 1. The van der Waals surface area contributed by atoms with Crippen LogP contribution in [0.15, 0.2) is 27.5 Å². The lowest BCUT2D eigenvalue weighted by molar-refractivity contribution is 0.102. The number of halogens is 1. The Bertz CT molecular complexity index is 990. The Kier molecular flexibility index (Phi) is 3.65. The summed E-state index contributed by atoms with van der Waals surface area (Å²) in [6.07, 6.45) is 0. The number of rotatable bonds is 2. The van der Waals surface area contributed by atoms with Gasteiger partial charge in [-0.25, -0.2) is 4.68 Å². The maximum absolute atomic E-state index is 12.6. The van der Waals surface area contributed by atoms with Crippen molar-refractivity contribution in [1.29, 1.82) is 0 Å². The lowest BCUT2D eigenvalue weighted by Gasteiger charge is -2.10. The Hall–Kier alpha value is -2.67. The van der Waals surface area contributed by atoms with Crippen LogP contribution in [0.4, 0.5) is 5.69 Å². The van der Waals surface area contributed by atoms with Crippen molar-refractivity contribution in [2.24, 2.45) is 7.05 Å². The van der Waals surface area contributed by atoms with E-state index in [-0.39, 0.29) is 11.2 Å². The van der Waals surface area contributed by atoms with E-state index < -0.39 is 11.5 Å². The van der Waals surface area contributed by atoms with E-state index in [0.717, 1.165) is 10.2 Å². The van der Waals surface area contributed by atoms with Gasteiger partial charge in [-0.15, -0.1) is 0 Å². The summed E-state index contributed by atoms with van der Waals surface area (Å²) in [4.78, 5) is 24.6. The van der Waals surface area contributed by atoms with Gasteiger partial charge in [-0.1, -0.05) is 22.8 Å². The molecule has 1 amide bonds. The average Bonchev–Trinajstić information content (AvgIpc) is 2.90. The molecule has 2 aromatic heterocycles. The second-order valence-corrected chi connectivity index (χ2v) is 5.51. The molecule has 0 saturated carbocycles. The molecule has 0 unspecified atom stereocenters. The quantitative estimate of drug-likeness (QED) is 0.778. The van der Waals surface area contributed by atoms with Gasteiger partial charge in [0.25, 0.3) is 11.5 Å². The predicted molar refractivity (Wildman–Crippen MR) is 85.9 cm³/mol. The molecule has 0 spiro atoms. The molecule has 1 aromatic carbocycles. The topological polar surface area (TPSA) is 90.0 Å². The SMILES string of the molecule is Cc1c(Cl)cccc1NC(=O)c1nn(C)c(=O)c2noc(C)c12. The van der Waals surface area contributed by atoms with Crippen LogP contribution in [0.1, 0.15) is 21.8 Å². The van der Waals surface area contributed by atoms with Crippen LogP contribution in [0, 0.1) is 13.8 Å². The molecule has 0 atom stereocenters. The molecule has 0 aliphatic carbocycles. The number of benzene rings is 1. The predicted octanol–water partition coefficient (Wildman–Crippen LogP) is 2.44. The van der Waals surface area contributed by atoms with Gasteiger partial charge < -0.3 is 9.84 Å². The molecule has 2 heterocycles. The van der Waals surface area contributed by atoms with Crippen molar-refractivity contribution >= 4 is 34.1 Å². The number of hydrogen-bond donors (Lipinski definition) is 1. The number of carbonyl (C=O) groups excluding carboxylic acids is 1. The maximum atomic E-state index is 12.6. The molecule has 3 rings (SSSR count). The monoisotopic (exact) mass is 332 g/mol. The summed E-state index contributed by atoms with van der Waals surface area (Å²) in [5, 5.41) is 11.4. The number of nitrogens with zero attached hydrogens (tertiary/aromatic N) is 3. The van der Waals surface area contributed by atoms with E-state index in [4.69, 9.17) is 16.1 Å². The number of anilines is 1. The first-order chi connectivity index (χ1) is 10.9. The molecule has 0 fully saturated rings. The van der Waals surface area contributed by atoms with Crippen molar-refractivity contribution in [2.45, 2.75) is 13.8 Å². The second-order valence-electron chi connectivity index (χ2n) is 5.11. The lowest BCUT2D eigenvalue weighted by Crippen LogP contribution is -2.25. The molecule has 3 aromatic rings. The van der Waals surface area contributed by atoms with E-state index in [1.54, 1.807) is 32.0 Å². The molecule has 7 nitrogen and oxygen atoms in total. The molecule has 0 aliphatic heterocycles. The van der Waals surface area contributed by atoms with Gasteiger partial charge in [0.15, 0.2) is 11.2 Å². The van der Waals surface area contributed by atoms with Gasteiger partial charge in [0.2, 0.25) is 0 Å². The molecule has 0 aliphatic rings. The van der Waals surface area contributed by atoms with Gasteiger partial charge in [0.05, 0.1) is 5.39 Å². The van der Waals surface area contributed by atoms with Crippen LogP contribution in [0.3, 0.4) is 0 Å². The lowest BCUT2D eigenvalue weighted by atomic mass is 10.1. The highest BCUT2D eigenvalue weighted by Gasteiger charge is 2.22. The highest BCUT2D eigenvalue weighted by atomic mass is 35.5. The number of hydrogen-bond acceptors (Lipinski definition) is 5. The summed E-state index contributed by atoms with van der Waals surface area (Å²) in [5.74, 6) is -0.111. The van der Waals surface area contributed by atoms with Crippen LogP contribution in [-0.2, 0) is 7.05 Å². The number of nitrogens with one attached hydrogen (secondary N) is 1. The van der Waals surface area contributed by atoms with Crippen LogP contribution in [0.5, 0.6) is 0 Å². The molecule has 118 valence electrons. The Labute approximate surface area is 135 Å². The molecule has 1 N–H and O–H groups in total. The van der Waals surface area contributed by atoms with E-state index in [9.17, 15) is 9.59 Å². The van der Waals surface area contributed by atoms with Crippen molar-refractivity contribution in [3.63, 3.8) is 0 Å². The Morgan fingerprint density at radius 3 is 2.83 bits per heavy atom. The van der Waals surface area contributed by atoms with Crippen molar-refractivity contribution in [3.05, 3.63) is 50.6 Å². The largest absolute Gasteiger partial charge is 0.360 e. The summed E-state index contributed by atoms with van der Waals surface area (Å²) in [5.41, 5.74) is 1.03. The van der Waals surface area contributed by atoms with Crippen molar-refractivity contribution in [1.82, 2.24) is 14.9 Å². The van der Waals surface area contributed by atoms with E-state index in [2.05, 4.69) is 15.6 Å². The first-order valence-electron chi connectivity index (χ1n) is 6.80. The normalized spacial score (nSPS) is 11.0. The summed E-state index contributed by atoms with van der Waals surface area (Å²) in [6, 6.07) is 5.21. The van der Waals surface area contributed by atoms with Crippen LogP contribution < -0.4 is 10.9 Å². The Balaban J connectivity index is 2.12. The zero-order valence-electron chi connectivity index (χ0n) is 12.7. The fourth-order valence-electron chi connectivity index (χ4n) is 2.28. The molecule has 0 bridgehead atoms. The molecule has 0 saturated heterocycles. The summed E-state index contributed by atoms with van der Waals surface area (Å²) in [7, 11) is 1.45. The van der Waals surface area contributed by atoms with Crippen molar-refractivity contribution in [2.75, 3.05) is 5.32 Å². The molecular weight excluding hydrogens is 320 g/mol. The van der Waals surface area contributed by atoms with Gasteiger partial charge in [-0.2, -0.15) is 5.10 Å². The smallest absolute Gasteiger partial charge is 0.296 e. The van der Waals surface area contributed by atoms with Crippen molar-refractivity contribution in [3.8, 4) is 0 Å². The third-order valence-corrected chi connectivity index (χ3v) is 3.99. The minimum absolute atomic E-state index is 0.0697. The van der Waals surface area contributed by atoms with E-state index in [1.807, 2.05) is 0 Å². The third kappa shape index (κ3) is 2.49. The Morgan fingerprint density at radius 2 is 2.09 bits per heavy atom. The van der Waals surface area contributed by atoms with Crippen LogP contribution in [0.25, 0.3) is 10.9 Å². The van der Waals surface area contributed by atoms with Crippen LogP contribution in [0.2, 0.25) is 5.02 Å². The molecule has 0 radical (unpaired) electrons. The fourth-order valence-corrected chi connectivity index (χ4v) is 2.45. The van der Waals surface area contributed by atoms with Crippen molar-refractivity contribution < 1.29 is 9.32 Å². The average molecular weight is 333 g/mol. The minimum atomic E-state index is -0.470. The maximum Gasteiger partial charge on any atom is 0.296 e. The first kappa shape index (κ1) is 15.2. The highest BCUT2D eigenvalue weighted by molar-refractivity contribution is 6.31. The zero-order valence-corrected chi connectivity index (χ0v) is 13.4. The van der Waals surface area contributed by atoms with Gasteiger partial charge >= 0.3 is 0 Å². The number of aromatic nitrogens is 3. The van der Waals surface area contributed by atoms with Gasteiger partial charge in [0.1, 0.15) is 5.76 Å². The highest BCUT2D eigenvalue weighted by Crippen LogP contribution is 2.24.